The van der Waals surface area contributed by atoms with Gasteiger partial charge < -0.3 is 10.4 Å². The Hall–Kier alpha value is -0.0600. The average molecular weight is 393 g/mol. The molecule has 0 rings (SSSR count). The average Bonchev–Trinajstić information content (AvgIpc) is 2.62. The molecule has 5 heteroatoms. The van der Waals surface area contributed by atoms with Crippen LogP contribution in [0.25, 0.3) is 0 Å². The second-order valence-electron chi connectivity index (χ2n) is 7.59. The zero-order chi connectivity index (χ0) is 19.5. The number of amides is 1. The van der Waals surface area contributed by atoms with Crippen LogP contribution in [0, 0.1) is 0 Å². The van der Waals surface area contributed by atoms with E-state index in [0.717, 1.165) is 38.5 Å². The standard InChI is InChI=1S/C22H43NO3.Na/c1-3-5-7-9-10-11-12-13-14-15-17-19-21(24)23-20(22(25)26)18-16-8-6-4-2;/h20H,3-19H2,1-2H3,(H,23,24)(H,25,26);/q;+1. The zero-order valence-corrected chi connectivity index (χ0v) is 20.4. The molecule has 0 saturated heterocycles. The molecule has 1 unspecified atom stereocenters. The topological polar surface area (TPSA) is 66.4 Å². The summed E-state index contributed by atoms with van der Waals surface area (Å²) in [5, 5.41) is 11.9. The molecular formula is C22H43NNaO3+. The Morgan fingerprint density at radius 3 is 1.56 bits per heavy atom. The smallest absolute Gasteiger partial charge is 0.480 e. The molecule has 0 bridgehead atoms. The molecule has 0 fully saturated rings. The predicted octanol–water partition coefficient (Wildman–Crippen LogP) is 3.23. The normalized spacial score (nSPS) is 11.6. The maximum atomic E-state index is 11.9. The summed E-state index contributed by atoms with van der Waals surface area (Å²) in [4.78, 5) is 23.2. The van der Waals surface area contributed by atoms with E-state index in [2.05, 4.69) is 19.2 Å². The number of unbranched alkanes of at least 4 members (excludes halogenated alkanes) is 13. The number of nitrogens with one attached hydrogen (secondary N) is 1. The molecule has 0 saturated carbocycles. The Morgan fingerprint density at radius 1 is 0.704 bits per heavy atom. The van der Waals surface area contributed by atoms with Crippen molar-refractivity contribution in [1.29, 1.82) is 0 Å². The maximum Gasteiger partial charge on any atom is 1.00 e. The van der Waals surface area contributed by atoms with E-state index in [1.54, 1.807) is 0 Å². The molecule has 154 valence electrons. The Balaban J connectivity index is 0. The number of hydrogen-bond acceptors (Lipinski definition) is 2. The van der Waals surface area contributed by atoms with E-state index in [0.29, 0.717) is 12.8 Å². The van der Waals surface area contributed by atoms with Crippen molar-refractivity contribution in [3.8, 4) is 0 Å². The number of carbonyl (C=O) groups is 2. The third-order valence-corrected chi connectivity index (χ3v) is 4.99. The number of carbonyl (C=O) groups excluding carboxylic acids is 1. The van der Waals surface area contributed by atoms with Crippen LogP contribution < -0.4 is 34.9 Å². The Labute approximate surface area is 189 Å². The third-order valence-electron chi connectivity index (χ3n) is 4.99. The first-order valence-electron chi connectivity index (χ1n) is 11.1. The molecular weight excluding hydrogens is 349 g/mol. The van der Waals surface area contributed by atoms with Crippen LogP contribution in [0.5, 0.6) is 0 Å². The molecule has 0 aliphatic heterocycles. The van der Waals surface area contributed by atoms with Crippen LogP contribution in [0.4, 0.5) is 0 Å². The van der Waals surface area contributed by atoms with Crippen molar-refractivity contribution >= 4 is 11.9 Å². The maximum absolute atomic E-state index is 11.9. The summed E-state index contributed by atoms with van der Waals surface area (Å²) in [7, 11) is 0. The van der Waals surface area contributed by atoms with E-state index < -0.39 is 12.0 Å². The summed E-state index contributed by atoms with van der Waals surface area (Å²) < 4.78 is 0. The second-order valence-corrected chi connectivity index (χ2v) is 7.59. The molecule has 1 amide bonds. The SMILES string of the molecule is CCCCCCCCCCCCCC(=O)NC(CCCCCC)C(=O)O.[Na+]. The van der Waals surface area contributed by atoms with Gasteiger partial charge in [0.05, 0.1) is 0 Å². The van der Waals surface area contributed by atoms with E-state index in [9.17, 15) is 14.7 Å². The molecule has 1 atom stereocenters. The molecule has 0 aromatic rings. The summed E-state index contributed by atoms with van der Waals surface area (Å²) in [5.41, 5.74) is 0. The molecule has 2 N–H and O–H groups in total. The number of hydrogen-bond donors (Lipinski definition) is 2. The van der Waals surface area contributed by atoms with Gasteiger partial charge in [-0.1, -0.05) is 104 Å². The fraction of sp³-hybridized carbons (Fsp3) is 0.909. The van der Waals surface area contributed by atoms with E-state index in [1.807, 2.05) is 0 Å². The van der Waals surface area contributed by atoms with E-state index in [1.165, 1.54) is 57.8 Å². The summed E-state index contributed by atoms with van der Waals surface area (Å²) in [5.74, 6) is -1.02. The van der Waals surface area contributed by atoms with Gasteiger partial charge in [0.25, 0.3) is 0 Å². The minimum atomic E-state index is -0.909. The molecule has 0 aliphatic rings. The van der Waals surface area contributed by atoms with Crippen molar-refractivity contribution in [3.63, 3.8) is 0 Å². The molecule has 0 radical (unpaired) electrons. The van der Waals surface area contributed by atoms with Crippen molar-refractivity contribution in [3.05, 3.63) is 0 Å². The fourth-order valence-electron chi connectivity index (χ4n) is 3.25. The first kappa shape index (κ1) is 29.1. The molecule has 0 aromatic heterocycles. The molecule has 0 aliphatic carbocycles. The van der Waals surface area contributed by atoms with Gasteiger partial charge in [-0.2, -0.15) is 0 Å². The van der Waals surface area contributed by atoms with Gasteiger partial charge in [0.1, 0.15) is 6.04 Å². The van der Waals surface area contributed by atoms with Gasteiger partial charge in [0.15, 0.2) is 0 Å². The van der Waals surface area contributed by atoms with Crippen molar-refractivity contribution in [2.45, 2.75) is 129 Å². The van der Waals surface area contributed by atoms with Crippen molar-refractivity contribution in [2.75, 3.05) is 0 Å². The largest absolute Gasteiger partial charge is 1.00 e. The first-order valence-corrected chi connectivity index (χ1v) is 11.1. The van der Waals surface area contributed by atoms with Gasteiger partial charge in [0.2, 0.25) is 5.91 Å². The van der Waals surface area contributed by atoms with Gasteiger partial charge in [-0.05, 0) is 12.8 Å². The van der Waals surface area contributed by atoms with E-state index in [4.69, 9.17) is 0 Å². The van der Waals surface area contributed by atoms with Crippen LogP contribution in [0.15, 0.2) is 0 Å². The summed E-state index contributed by atoms with van der Waals surface area (Å²) in [6.45, 7) is 4.37. The van der Waals surface area contributed by atoms with Crippen molar-refractivity contribution in [1.82, 2.24) is 5.32 Å². The van der Waals surface area contributed by atoms with Crippen LogP contribution in [0.1, 0.15) is 123 Å². The fourth-order valence-corrected chi connectivity index (χ4v) is 3.25. The third kappa shape index (κ3) is 20.5. The quantitative estimate of drug-likeness (QED) is 0.262. The molecule has 27 heavy (non-hydrogen) atoms. The van der Waals surface area contributed by atoms with Gasteiger partial charge in [-0.3, -0.25) is 4.79 Å². The van der Waals surface area contributed by atoms with Crippen LogP contribution in [-0.4, -0.2) is 23.0 Å². The van der Waals surface area contributed by atoms with Crippen LogP contribution in [-0.2, 0) is 9.59 Å². The van der Waals surface area contributed by atoms with Gasteiger partial charge in [-0.25, -0.2) is 4.79 Å². The Morgan fingerprint density at radius 2 is 1.11 bits per heavy atom. The van der Waals surface area contributed by atoms with E-state index >= 15 is 0 Å². The molecule has 4 nitrogen and oxygen atoms in total. The minimum absolute atomic E-state index is 0. The zero-order valence-electron chi connectivity index (χ0n) is 18.4. The second kappa shape index (κ2) is 22.2. The molecule has 0 aromatic carbocycles. The monoisotopic (exact) mass is 392 g/mol. The summed E-state index contributed by atoms with van der Waals surface area (Å²) >= 11 is 0. The van der Waals surface area contributed by atoms with Crippen molar-refractivity contribution < 1.29 is 44.3 Å². The first-order chi connectivity index (χ1) is 12.6. The predicted molar refractivity (Wildman–Crippen MR) is 109 cm³/mol. The van der Waals surface area contributed by atoms with Crippen LogP contribution in [0.2, 0.25) is 0 Å². The van der Waals surface area contributed by atoms with Gasteiger partial charge in [0, 0.05) is 6.42 Å². The van der Waals surface area contributed by atoms with Crippen LogP contribution in [0.3, 0.4) is 0 Å². The Kier molecular flexibility index (Phi) is 24.0. The molecule has 0 spiro atoms. The molecule has 0 heterocycles. The summed E-state index contributed by atoms with van der Waals surface area (Å²) in [6.07, 6.45) is 18.9. The Bertz CT molecular complexity index is 350. The number of carboxylic acids is 1. The van der Waals surface area contributed by atoms with Gasteiger partial charge in [-0.15, -0.1) is 0 Å². The van der Waals surface area contributed by atoms with Gasteiger partial charge >= 0.3 is 35.5 Å². The summed E-state index contributed by atoms with van der Waals surface area (Å²) in [6, 6.07) is -0.716. The number of rotatable bonds is 19. The van der Waals surface area contributed by atoms with Crippen LogP contribution >= 0.6 is 0 Å². The minimum Gasteiger partial charge on any atom is -0.480 e. The number of carboxylic acid groups (broad SMARTS) is 1. The number of aliphatic carboxylic acids is 1. The van der Waals surface area contributed by atoms with Crippen molar-refractivity contribution in [2.24, 2.45) is 0 Å². The van der Waals surface area contributed by atoms with E-state index in [-0.39, 0.29) is 35.5 Å².